The molecule has 2 N–H and O–H groups in total. The fourth-order valence-corrected chi connectivity index (χ4v) is 4.16. The van der Waals surface area contributed by atoms with Gasteiger partial charge in [-0.25, -0.2) is 4.39 Å². The number of azide groups is 1. The van der Waals surface area contributed by atoms with Crippen LogP contribution in [0, 0.1) is 17.2 Å². The summed E-state index contributed by atoms with van der Waals surface area (Å²) in [6.45, 7) is 1.03. The molecule has 0 fully saturated rings. The molecule has 8 nitrogen and oxygen atoms in total. The van der Waals surface area contributed by atoms with Crippen molar-refractivity contribution in [3.63, 3.8) is 0 Å². The molecule has 0 aliphatic carbocycles. The highest BCUT2D eigenvalue weighted by Crippen LogP contribution is 2.35. The molecule has 0 spiro atoms. The number of hydrogen-bond acceptors (Lipinski definition) is 5. The van der Waals surface area contributed by atoms with E-state index in [4.69, 9.17) is 21.8 Å². The third-order valence-electron chi connectivity index (χ3n) is 5.77. The lowest BCUT2D eigenvalue weighted by atomic mass is 9.65. The molecule has 12 heteroatoms. The van der Waals surface area contributed by atoms with Crippen molar-refractivity contribution in [2.75, 3.05) is 13.2 Å². The molecule has 2 rings (SSSR count). The first kappa shape index (κ1) is 28.4. The maximum atomic E-state index is 14.2. The minimum absolute atomic E-state index is 0.00365. The topological polar surface area (TPSA) is 133 Å². The molecule has 2 atom stereocenters. The highest BCUT2D eigenvalue weighted by atomic mass is 35.5. The first-order chi connectivity index (χ1) is 16.7. The lowest BCUT2D eigenvalue weighted by Gasteiger charge is -2.33. The van der Waals surface area contributed by atoms with Crippen LogP contribution in [0.3, 0.4) is 0 Å². The Morgan fingerprint density at radius 1 is 1.37 bits per heavy atom. The quantitative estimate of drug-likeness (QED) is 0.118. The molecule has 0 aliphatic rings. The van der Waals surface area contributed by atoms with E-state index < -0.39 is 24.3 Å². The summed E-state index contributed by atoms with van der Waals surface area (Å²) in [5.41, 5.74) is 9.06. The van der Waals surface area contributed by atoms with Gasteiger partial charge in [-0.15, -0.1) is 0 Å². The zero-order valence-corrected chi connectivity index (χ0v) is 20.1. The number of nitrogens with zero attached hydrogens (tertiary/aromatic N) is 3. The van der Waals surface area contributed by atoms with E-state index in [2.05, 4.69) is 10.0 Å². The van der Waals surface area contributed by atoms with Gasteiger partial charge in [-0.3, -0.25) is 4.79 Å². The van der Waals surface area contributed by atoms with E-state index in [0.29, 0.717) is 35.1 Å². The van der Waals surface area contributed by atoms with Crippen LogP contribution in [0.5, 0.6) is 0 Å². The van der Waals surface area contributed by atoms with Crippen molar-refractivity contribution < 1.29 is 28.8 Å². The van der Waals surface area contributed by atoms with E-state index in [0.717, 1.165) is 5.56 Å². The minimum atomic E-state index is -1.43. The summed E-state index contributed by atoms with van der Waals surface area (Å²) in [5, 5.41) is 23.5. The number of halogens is 2. The summed E-state index contributed by atoms with van der Waals surface area (Å²) in [5.74, 6) is -1.81. The lowest BCUT2D eigenvalue weighted by Crippen LogP contribution is -2.40. The van der Waals surface area contributed by atoms with Crippen LogP contribution in [0.15, 0.2) is 47.6 Å². The van der Waals surface area contributed by atoms with Crippen molar-refractivity contribution >= 4 is 38.2 Å². The number of aliphatic carboxylic acids is 1. The van der Waals surface area contributed by atoms with Crippen LogP contribution < -0.4 is 0 Å². The maximum Gasteiger partial charge on any atom is 0.450 e. The fourth-order valence-electron chi connectivity index (χ4n) is 3.99. The molecule has 0 aromatic heterocycles. The van der Waals surface area contributed by atoms with Crippen LogP contribution >= 0.6 is 11.6 Å². The van der Waals surface area contributed by atoms with Crippen molar-refractivity contribution in [1.82, 2.24) is 0 Å². The van der Waals surface area contributed by atoms with Gasteiger partial charge < -0.3 is 19.6 Å². The molecular formula is C23H26B2ClFN3O5. The normalized spacial score (nSPS) is 13.3. The first-order valence-electron chi connectivity index (χ1n) is 11.1. The van der Waals surface area contributed by atoms with Gasteiger partial charge in [-0.05, 0) is 66.9 Å². The Hall–Kier alpha value is -2.84. The average molecular weight is 501 g/mol. The number of carboxylic acid groups (broad SMARTS) is 1. The monoisotopic (exact) mass is 500 g/mol. The Kier molecular flexibility index (Phi) is 11.3. The smallest absolute Gasteiger partial charge is 0.450 e. The highest BCUT2D eigenvalue weighted by Gasteiger charge is 2.41. The average Bonchev–Trinajstić information content (AvgIpc) is 2.82. The molecule has 0 bridgehead atoms. The van der Waals surface area contributed by atoms with Gasteiger partial charge in [0.1, 0.15) is 5.82 Å². The van der Waals surface area contributed by atoms with Gasteiger partial charge in [0.25, 0.3) is 0 Å². The summed E-state index contributed by atoms with van der Waals surface area (Å²) in [6.07, 6.45) is 1.54. The number of rotatable bonds is 15. The predicted molar refractivity (Wildman–Crippen MR) is 134 cm³/mol. The number of carbonyl (C=O) groups is 2. The van der Waals surface area contributed by atoms with Crippen LogP contribution in [-0.4, -0.2) is 49.8 Å². The zero-order chi connectivity index (χ0) is 25.8. The molecule has 0 aliphatic heterocycles. The number of hydrogen-bond donors (Lipinski definition) is 2. The van der Waals surface area contributed by atoms with Gasteiger partial charge in [0.05, 0.1) is 11.6 Å². The molecule has 0 heterocycles. The summed E-state index contributed by atoms with van der Waals surface area (Å²) < 4.78 is 19.5. The Bertz CT molecular complexity index is 1050. The molecule has 1 radical (unpaired) electrons. The molecule has 2 aromatic rings. The largest absolute Gasteiger partial charge is 0.481 e. The van der Waals surface area contributed by atoms with Crippen LogP contribution in [-0.2, 0) is 20.7 Å². The van der Waals surface area contributed by atoms with Crippen molar-refractivity contribution in [1.29, 1.82) is 0 Å². The van der Waals surface area contributed by atoms with E-state index in [9.17, 15) is 24.1 Å². The fraction of sp³-hybridized carbons (Fsp3) is 0.391. The van der Waals surface area contributed by atoms with Crippen LogP contribution in [0.2, 0.25) is 18.2 Å². The second kappa shape index (κ2) is 13.9. The number of carboxylic acids is 1. The molecule has 35 heavy (non-hydrogen) atoms. The Morgan fingerprint density at radius 2 is 2.09 bits per heavy atom. The molecule has 2 aromatic carbocycles. The highest BCUT2D eigenvalue weighted by molar-refractivity contribution is 6.66. The molecule has 0 saturated heterocycles. The standard InChI is InChI=1S/C23H26B2ClFN3O5/c1-25(34)35-14-23(22(32)33,8-9-29-30-28)12-17(13-24-15-31)10-16-2-4-18(5-3-16)20-11-19(26)6-7-21(20)27/h2-7,11,15,17,34H,8-10,12-14H2,1H3,(H,32,33)/t17-,23?/m1/s1. The maximum absolute atomic E-state index is 14.2. The Labute approximate surface area is 209 Å². The molecule has 0 saturated carbocycles. The molecule has 183 valence electrons. The molecule has 1 unspecified atom stereocenters. The lowest BCUT2D eigenvalue weighted by molar-refractivity contribution is -0.153. The van der Waals surface area contributed by atoms with Crippen LogP contribution in [0.1, 0.15) is 18.4 Å². The molecular weight excluding hydrogens is 474 g/mol. The zero-order valence-electron chi connectivity index (χ0n) is 19.3. The van der Waals surface area contributed by atoms with Crippen molar-refractivity contribution in [2.45, 2.75) is 32.4 Å². The summed E-state index contributed by atoms with van der Waals surface area (Å²) in [7, 11) is 0.253. The van der Waals surface area contributed by atoms with Gasteiger partial charge in [0.15, 0.2) is 7.28 Å². The van der Waals surface area contributed by atoms with E-state index in [1.165, 1.54) is 26.2 Å². The van der Waals surface area contributed by atoms with Gasteiger partial charge in [0, 0.05) is 28.6 Å². The van der Waals surface area contributed by atoms with E-state index in [-0.39, 0.29) is 31.9 Å². The predicted octanol–water partition coefficient (Wildman–Crippen LogP) is 4.91. The summed E-state index contributed by atoms with van der Waals surface area (Å²) in [6, 6.07) is 11.5. The second-order valence-electron chi connectivity index (χ2n) is 8.40. The third kappa shape index (κ3) is 8.71. The van der Waals surface area contributed by atoms with Crippen LogP contribution in [0.25, 0.3) is 21.6 Å². The third-order valence-corrected chi connectivity index (χ3v) is 6.01. The second-order valence-corrected chi connectivity index (χ2v) is 8.84. The van der Waals surface area contributed by atoms with Crippen LogP contribution in [0.4, 0.5) is 4.39 Å². The van der Waals surface area contributed by atoms with Gasteiger partial charge in [-0.1, -0.05) is 47.3 Å². The SMILES string of the molecule is CB(O)OCC(CCN=[N+]=[N-])(C[C@H](C[B]C=O)Cc1ccc(-c2cc(Cl)ccc2F)cc1)C(=O)O. The Balaban J connectivity index is 2.29. The van der Waals surface area contributed by atoms with E-state index in [1.54, 1.807) is 18.2 Å². The van der Waals surface area contributed by atoms with Gasteiger partial charge in [-0.2, -0.15) is 0 Å². The summed E-state index contributed by atoms with van der Waals surface area (Å²) in [4.78, 5) is 26.0. The van der Waals surface area contributed by atoms with E-state index >= 15 is 0 Å². The van der Waals surface area contributed by atoms with Crippen molar-refractivity contribution in [3.05, 3.63) is 69.3 Å². The van der Waals surface area contributed by atoms with Gasteiger partial charge in [0.2, 0.25) is 0 Å². The van der Waals surface area contributed by atoms with Crippen molar-refractivity contribution in [3.8, 4) is 11.1 Å². The molecule has 0 amide bonds. The summed E-state index contributed by atoms with van der Waals surface area (Å²) >= 11 is 5.99. The minimum Gasteiger partial charge on any atom is -0.481 e. The van der Waals surface area contributed by atoms with Crippen molar-refractivity contribution in [2.24, 2.45) is 16.4 Å². The number of benzene rings is 2. The first-order valence-corrected chi connectivity index (χ1v) is 11.4. The van der Waals surface area contributed by atoms with Gasteiger partial charge >= 0.3 is 13.1 Å². The van der Waals surface area contributed by atoms with E-state index in [1.807, 2.05) is 12.1 Å². The number of carbonyl (C=O) groups excluding carboxylic acids is 1. The Morgan fingerprint density at radius 3 is 2.69 bits per heavy atom.